The van der Waals surface area contributed by atoms with Crippen molar-refractivity contribution in [2.24, 2.45) is 5.92 Å². The topological polar surface area (TPSA) is 35.5 Å². The summed E-state index contributed by atoms with van der Waals surface area (Å²) in [4.78, 5) is 2.49. The van der Waals surface area contributed by atoms with Crippen LogP contribution in [0.3, 0.4) is 0 Å². The molecule has 4 heteroatoms. The van der Waals surface area contributed by atoms with E-state index in [1.807, 2.05) is 0 Å². The molecule has 1 aliphatic heterocycles. The highest BCUT2D eigenvalue weighted by Gasteiger charge is 2.22. The Morgan fingerprint density at radius 2 is 2.33 bits per heavy atom. The number of hydrogen-bond donors (Lipinski definition) is 2. The van der Waals surface area contributed by atoms with Gasteiger partial charge in [0, 0.05) is 23.7 Å². The molecule has 2 unspecified atom stereocenters. The Bertz CT molecular complexity index is 427. The van der Waals surface area contributed by atoms with Gasteiger partial charge in [0.2, 0.25) is 0 Å². The maximum atomic E-state index is 9.24. The predicted molar refractivity (Wildman–Crippen MR) is 91.4 cm³/mol. The lowest BCUT2D eigenvalue weighted by Crippen LogP contribution is -2.29. The summed E-state index contributed by atoms with van der Waals surface area (Å²) in [5.41, 5.74) is 1.36. The number of hydrogen-bond acceptors (Lipinski definition) is 3. The first-order valence-electron chi connectivity index (χ1n) is 8.05. The first-order chi connectivity index (χ1) is 10.2. The van der Waals surface area contributed by atoms with E-state index in [0.717, 1.165) is 49.9 Å². The average molecular weight is 355 g/mol. The van der Waals surface area contributed by atoms with Crippen LogP contribution in [0.1, 0.15) is 37.8 Å². The maximum absolute atomic E-state index is 9.24. The van der Waals surface area contributed by atoms with E-state index in [0.29, 0.717) is 18.6 Å². The predicted octanol–water partition coefficient (Wildman–Crippen LogP) is 3.19. The third-order valence-corrected chi connectivity index (χ3v) is 4.75. The van der Waals surface area contributed by atoms with Gasteiger partial charge in [-0.15, -0.1) is 0 Å². The molecular formula is C17H27BrN2O. The molecule has 21 heavy (non-hydrogen) atoms. The Morgan fingerprint density at radius 1 is 1.48 bits per heavy atom. The van der Waals surface area contributed by atoms with Crippen molar-refractivity contribution in [2.75, 3.05) is 32.8 Å². The molecule has 0 saturated carbocycles. The lowest BCUT2D eigenvalue weighted by molar-refractivity contribution is 0.219. The lowest BCUT2D eigenvalue weighted by atomic mass is 10.0. The van der Waals surface area contributed by atoms with Crippen LogP contribution in [0.2, 0.25) is 0 Å². The summed E-state index contributed by atoms with van der Waals surface area (Å²) in [5.74, 6) is 0.484. The molecule has 118 valence electrons. The molecule has 0 aromatic heterocycles. The molecule has 2 atom stereocenters. The first-order valence-corrected chi connectivity index (χ1v) is 8.84. The van der Waals surface area contributed by atoms with Crippen molar-refractivity contribution in [3.8, 4) is 0 Å². The van der Waals surface area contributed by atoms with Crippen LogP contribution in [0, 0.1) is 5.92 Å². The summed E-state index contributed by atoms with van der Waals surface area (Å²) >= 11 is 3.57. The molecule has 1 aromatic rings. The molecule has 0 radical (unpaired) electrons. The number of aliphatic hydroxyl groups excluding tert-OH is 1. The normalized spacial score (nSPS) is 20.8. The molecule has 0 aliphatic carbocycles. The molecule has 1 saturated heterocycles. The fourth-order valence-electron chi connectivity index (χ4n) is 3.01. The van der Waals surface area contributed by atoms with Crippen LogP contribution in [-0.4, -0.2) is 42.8 Å². The summed E-state index contributed by atoms with van der Waals surface area (Å²) < 4.78 is 1.14. The van der Waals surface area contributed by atoms with Crippen LogP contribution in [-0.2, 0) is 0 Å². The third kappa shape index (κ3) is 5.37. The molecule has 0 amide bonds. The second-order valence-electron chi connectivity index (χ2n) is 5.99. The van der Waals surface area contributed by atoms with E-state index in [-0.39, 0.29) is 0 Å². The van der Waals surface area contributed by atoms with Crippen LogP contribution in [0.15, 0.2) is 28.7 Å². The van der Waals surface area contributed by atoms with E-state index < -0.39 is 0 Å². The van der Waals surface area contributed by atoms with E-state index in [9.17, 15) is 5.11 Å². The molecule has 2 rings (SSSR count). The minimum atomic E-state index is 0.333. The zero-order chi connectivity index (χ0) is 15.1. The number of likely N-dealkylation sites (tertiary alicyclic amines) is 1. The summed E-state index contributed by atoms with van der Waals surface area (Å²) in [6.07, 6.45) is 3.41. The molecular weight excluding hydrogens is 328 g/mol. The summed E-state index contributed by atoms with van der Waals surface area (Å²) in [7, 11) is 0. The largest absolute Gasteiger partial charge is 0.396 e. The minimum absolute atomic E-state index is 0.333. The first kappa shape index (κ1) is 16.9. The summed E-state index contributed by atoms with van der Waals surface area (Å²) in [5, 5.41) is 12.9. The van der Waals surface area contributed by atoms with Gasteiger partial charge in [-0.2, -0.15) is 0 Å². The van der Waals surface area contributed by atoms with Gasteiger partial charge < -0.3 is 15.3 Å². The highest BCUT2D eigenvalue weighted by Crippen LogP contribution is 2.23. The Kier molecular flexibility index (Phi) is 7.17. The van der Waals surface area contributed by atoms with E-state index >= 15 is 0 Å². The lowest BCUT2D eigenvalue weighted by Gasteiger charge is -2.23. The van der Waals surface area contributed by atoms with Gasteiger partial charge in [0.15, 0.2) is 0 Å². The molecule has 1 heterocycles. The van der Waals surface area contributed by atoms with Gasteiger partial charge in [-0.05, 0) is 62.5 Å². The van der Waals surface area contributed by atoms with Crippen molar-refractivity contribution >= 4 is 15.9 Å². The van der Waals surface area contributed by atoms with Crippen molar-refractivity contribution in [1.82, 2.24) is 10.2 Å². The van der Waals surface area contributed by atoms with E-state index in [4.69, 9.17) is 0 Å². The van der Waals surface area contributed by atoms with Gasteiger partial charge in [0.1, 0.15) is 0 Å². The van der Waals surface area contributed by atoms with E-state index in [1.165, 1.54) is 5.56 Å². The molecule has 3 nitrogen and oxygen atoms in total. The number of benzene rings is 1. The molecule has 1 aromatic carbocycles. The van der Waals surface area contributed by atoms with Gasteiger partial charge in [0.25, 0.3) is 0 Å². The van der Waals surface area contributed by atoms with Crippen LogP contribution in [0.5, 0.6) is 0 Å². The summed E-state index contributed by atoms with van der Waals surface area (Å²) in [6, 6.07) is 9.02. The van der Waals surface area contributed by atoms with Gasteiger partial charge >= 0.3 is 0 Å². The third-order valence-electron chi connectivity index (χ3n) is 4.25. The van der Waals surface area contributed by atoms with Crippen molar-refractivity contribution in [3.05, 3.63) is 34.3 Å². The van der Waals surface area contributed by atoms with Crippen LogP contribution in [0.25, 0.3) is 0 Å². The average Bonchev–Trinajstić information content (AvgIpc) is 2.95. The number of aliphatic hydroxyl groups is 1. The van der Waals surface area contributed by atoms with Crippen molar-refractivity contribution in [1.29, 1.82) is 0 Å². The molecule has 1 aliphatic rings. The van der Waals surface area contributed by atoms with E-state index in [1.54, 1.807) is 0 Å². The standard InChI is InChI=1S/C17H27BrN2O/c1-2-8-19-17(15-4-3-5-16(18)11-15)7-10-20-9-6-14(12-20)13-21/h3-5,11,14,17,19,21H,2,6-10,12-13H2,1H3. The van der Waals surface area contributed by atoms with E-state index in [2.05, 4.69) is 57.3 Å². The van der Waals surface area contributed by atoms with Crippen molar-refractivity contribution in [3.63, 3.8) is 0 Å². The number of rotatable bonds is 8. The van der Waals surface area contributed by atoms with Crippen LogP contribution < -0.4 is 5.32 Å². The fourth-order valence-corrected chi connectivity index (χ4v) is 3.42. The number of nitrogens with one attached hydrogen (secondary N) is 1. The zero-order valence-corrected chi connectivity index (χ0v) is 14.5. The second-order valence-corrected chi connectivity index (χ2v) is 6.90. The fraction of sp³-hybridized carbons (Fsp3) is 0.647. The minimum Gasteiger partial charge on any atom is -0.396 e. The SMILES string of the molecule is CCCNC(CCN1CCC(CO)C1)c1cccc(Br)c1. The Hall–Kier alpha value is -0.420. The molecule has 2 N–H and O–H groups in total. The van der Waals surface area contributed by atoms with Gasteiger partial charge in [0.05, 0.1) is 0 Å². The monoisotopic (exact) mass is 354 g/mol. The van der Waals surface area contributed by atoms with Gasteiger partial charge in [-0.3, -0.25) is 0 Å². The smallest absolute Gasteiger partial charge is 0.0471 e. The Balaban J connectivity index is 1.90. The van der Waals surface area contributed by atoms with Crippen LogP contribution in [0.4, 0.5) is 0 Å². The Morgan fingerprint density at radius 3 is 3.00 bits per heavy atom. The zero-order valence-electron chi connectivity index (χ0n) is 12.9. The molecule has 0 spiro atoms. The van der Waals surface area contributed by atoms with Crippen molar-refractivity contribution < 1.29 is 5.11 Å². The van der Waals surface area contributed by atoms with Crippen molar-refractivity contribution in [2.45, 2.75) is 32.2 Å². The number of halogens is 1. The Labute approximate surface area is 136 Å². The van der Waals surface area contributed by atoms with Gasteiger partial charge in [-0.1, -0.05) is 35.0 Å². The van der Waals surface area contributed by atoms with Gasteiger partial charge in [-0.25, -0.2) is 0 Å². The highest BCUT2D eigenvalue weighted by molar-refractivity contribution is 9.10. The highest BCUT2D eigenvalue weighted by atomic mass is 79.9. The van der Waals surface area contributed by atoms with Crippen LogP contribution >= 0.6 is 15.9 Å². The summed E-state index contributed by atoms with van der Waals surface area (Å²) in [6.45, 7) is 6.87. The second kappa shape index (κ2) is 8.89. The maximum Gasteiger partial charge on any atom is 0.0471 e. The molecule has 0 bridgehead atoms. The quantitative estimate of drug-likeness (QED) is 0.752. The molecule has 1 fully saturated rings. The number of nitrogens with zero attached hydrogens (tertiary/aromatic N) is 1.